The van der Waals surface area contributed by atoms with Crippen LogP contribution >= 0.6 is 0 Å². The molecule has 8 nitrogen and oxygen atoms in total. The number of likely N-dealkylation sites (tertiary alicyclic amines) is 1. The number of nitrogens with zero attached hydrogens (tertiary/aromatic N) is 2. The smallest absolute Gasteiger partial charge is 0.310 e. The Morgan fingerprint density at radius 2 is 1.71 bits per heavy atom. The molecule has 2 aliphatic rings. The predicted octanol–water partition coefficient (Wildman–Crippen LogP) is 4.10. The van der Waals surface area contributed by atoms with Crippen LogP contribution in [0.25, 0.3) is 0 Å². The quantitative estimate of drug-likeness (QED) is 0.459. The molecule has 3 aromatic carbocycles. The second-order valence-electron chi connectivity index (χ2n) is 9.40. The molecule has 1 fully saturated rings. The lowest BCUT2D eigenvalue weighted by atomic mass is 9.97. The number of hydrogen-bond donors (Lipinski definition) is 0. The van der Waals surface area contributed by atoms with Gasteiger partial charge in [-0.1, -0.05) is 42.5 Å². The third-order valence-corrected chi connectivity index (χ3v) is 8.81. The standard InChI is InChI=1S/C29H28N2O6S/c1-2-37-29(34)22-11-8-16-30(19-22)27(32)21-14-15-26-24(17-21)31(18-20-9-4-3-5-10-20)28(33)23-12-6-7-13-25(23)38(26,35)36/h3-7,9-10,12-15,17,22H,2,8,11,16,18-19H2,1H3/t22-/m1/s1. The molecule has 5 rings (SSSR count). The van der Waals surface area contributed by atoms with Crippen molar-refractivity contribution in [3.8, 4) is 0 Å². The van der Waals surface area contributed by atoms with Gasteiger partial charge >= 0.3 is 5.97 Å². The first-order valence-electron chi connectivity index (χ1n) is 12.6. The van der Waals surface area contributed by atoms with Crippen molar-refractivity contribution >= 4 is 33.3 Å². The largest absolute Gasteiger partial charge is 0.466 e. The van der Waals surface area contributed by atoms with Crippen molar-refractivity contribution in [1.82, 2.24) is 4.90 Å². The monoisotopic (exact) mass is 532 g/mol. The van der Waals surface area contributed by atoms with Gasteiger partial charge in [0.15, 0.2) is 0 Å². The van der Waals surface area contributed by atoms with Crippen molar-refractivity contribution in [2.24, 2.45) is 5.92 Å². The number of rotatable bonds is 5. The summed E-state index contributed by atoms with van der Waals surface area (Å²) in [4.78, 5) is 42.5. The number of amides is 2. The molecule has 0 spiro atoms. The van der Waals surface area contributed by atoms with Crippen LogP contribution < -0.4 is 4.90 Å². The van der Waals surface area contributed by atoms with Crippen LogP contribution in [0, 0.1) is 5.92 Å². The molecule has 38 heavy (non-hydrogen) atoms. The van der Waals surface area contributed by atoms with E-state index in [0.29, 0.717) is 19.4 Å². The number of ether oxygens (including phenoxy) is 1. The average molecular weight is 533 g/mol. The Kier molecular flexibility index (Phi) is 7.03. The summed E-state index contributed by atoms with van der Waals surface area (Å²) in [6.45, 7) is 2.85. The molecule has 0 unspecified atom stereocenters. The molecule has 0 saturated carbocycles. The van der Waals surface area contributed by atoms with E-state index in [-0.39, 0.29) is 58.2 Å². The lowest BCUT2D eigenvalue weighted by Crippen LogP contribution is -2.43. The van der Waals surface area contributed by atoms with E-state index >= 15 is 0 Å². The fourth-order valence-corrected chi connectivity index (χ4v) is 6.69. The number of esters is 1. The lowest BCUT2D eigenvalue weighted by Gasteiger charge is -2.32. The zero-order valence-electron chi connectivity index (χ0n) is 21.0. The van der Waals surface area contributed by atoms with Gasteiger partial charge in [0.05, 0.1) is 40.1 Å². The van der Waals surface area contributed by atoms with Gasteiger partial charge in [-0.15, -0.1) is 0 Å². The zero-order chi connectivity index (χ0) is 26.9. The van der Waals surface area contributed by atoms with Gasteiger partial charge in [0.2, 0.25) is 9.84 Å². The molecule has 2 aliphatic heterocycles. The summed E-state index contributed by atoms with van der Waals surface area (Å²) in [5, 5.41) is 0. The molecule has 2 amide bonds. The Hall–Kier alpha value is -3.98. The summed E-state index contributed by atoms with van der Waals surface area (Å²) in [6, 6.07) is 19.8. The molecule has 0 radical (unpaired) electrons. The van der Waals surface area contributed by atoms with E-state index < -0.39 is 21.7 Å². The number of piperidine rings is 1. The Morgan fingerprint density at radius 1 is 0.974 bits per heavy atom. The molecule has 9 heteroatoms. The first-order chi connectivity index (χ1) is 18.3. The summed E-state index contributed by atoms with van der Waals surface area (Å²) in [7, 11) is -4.04. The van der Waals surface area contributed by atoms with Crippen LogP contribution in [0.15, 0.2) is 82.6 Å². The van der Waals surface area contributed by atoms with Gasteiger partial charge in [0.25, 0.3) is 11.8 Å². The average Bonchev–Trinajstić information content (AvgIpc) is 3.01. The van der Waals surface area contributed by atoms with Gasteiger partial charge in [-0.25, -0.2) is 8.42 Å². The number of anilines is 1. The molecule has 2 heterocycles. The summed E-state index contributed by atoms with van der Waals surface area (Å²) in [5.41, 5.74) is 1.30. The number of hydrogen-bond acceptors (Lipinski definition) is 6. The number of fused-ring (bicyclic) bond motifs is 2. The van der Waals surface area contributed by atoms with Crippen molar-refractivity contribution in [3.05, 3.63) is 89.5 Å². The minimum Gasteiger partial charge on any atom is -0.466 e. The summed E-state index contributed by atoms with van der Waals surface area (Å²) in [6.07, 6.45) is 1.30. The molecule has 1 saturated heterocycles. The molecule has 196 valence electrons. The predicted molar refractivity (Wildman–Crippen MR) is 141 cm³/mol. The van der Waals surface area contributed by atoms with Gasteiger partial charge in [-0.3, -0.25) is 14.4 Å². The normalized spacial score (nSPS) is 18.2. The highest BCUT2D eigenvalue weighted by Crippen LogP contribution is 2.38. The fourth-order valence-electron chi connectivity index (χ4n) is 5.06. The highest BCUT2D eigenvalue weighted by atomic mass is 32.2. The fraction of sp³-hybridized carbons (Fsp3) is 0.276. The second kappa shape index (κ2) is 10.4. The van der Waals surface area contributed by atoms with Crippen molar-refractivity contribution in [2.75, 3.05) is 24.6 Å². The molecule has 0 bridgehead atoms. The first-order valence-corrected chi connectivity index (χ1v) is 14.1. The molecule has 0 aliphatic carbocycles. The van der Waals surface area contributed by atoms with Crippen molar-refractivity contribution in [1.29, 1.82) is 0 Å². The highest BCUT2D eigenvalue weighted by Gasteiger charge is 2.37. The Balaban J connectivity index is 1.57. The topological polar surface area (TPSA) is 101 Å². The number of carbonyl (C=O) groups excluding carboxylic acids is 3. The van der Waals surface area contributed by atoms with Crippen LogP contribution in [0.2, 0.25) is 0 Å². The molecule has 1 atom stereocenters. The van der Waals surface area contributed by atoms with E-state index in [2.05, 4.69) is 0 Å². The van der Waals surface area contributed by atoms with Crippen LogP contribution in [-0.2, 0) is 25.9 Å². The Labute approximate surface area is 221 Å². The Bertz CT molecular complexity index is 1500. The molecule has 0 N–H and O–H groups in total. The Morgan fingerprint density at radius 3 is 2.47 bits per heavy atom. The maximum absolute atomic E-state index is 13.8. The first kappa shape index (κ1) is 25.7. The molecular weight excluding hydrogens is 504 g/mol. The number of benzene rings is 3. The summed E-state index contributed by atoms with van der Waals surface area (Å²) in [5.74, 6) is -1.51. The van der Waals surface area contributed by atoms with Crippen LogP contribution in [-0.4, -0.2) is 50.8 Å². The van der Waals surface area contributed by atoms with E-state index in [9.17, 15) is 22.8 Å². The second-order valence-corrected chi connectivity index (χ2v) is 11.3. The zero-order valence-corrected chi connectivity index (χ0v) is 21.8. The van der Waals surface area contributed by atoms with Crippen molar-refractivity contribution in [2.45, 2.75) is 36.1 Å². The van der Waals surface area contributed by atoms with Crippen molar-refractivity contribution in [3.63, 3.8) is 0 Å². The number of sulfone groups is 1. The van der Waals surface area contributed by atoms with Gasteiger partial charge in [-0.2, -0.15) is 0 Å². The lowest BCUT2D eigenvalue weighted by molar-refractivity contribution is -0.149. The van der Waals surface area contributed by atoms with Crippen molar-refractivity contribution < 1.29 is 27.5 Å². The van der Waals surface area contributed by atoms with E-state index in [1.54, 1.807) is 24.0 Å². The van der Waals surface area contributed by atoms with Crippen LogP contribution in [0.5, 0.6) is 0 Å². The molecular formula is C29H28N2O6S. The van der Waals surface area contributed by atoms with E-state index in [4.69, 9.17) is 4.74 Å². The molecule has 0 aromatic heterocycles. The van der Waals surface area contributed by atoms with Crippen LogP contribution in [0.4, 0.5) is 5.69 Å². The summed E-state index contributed by atoms with van der Waals surface area (Å²) >= 11 is 0. The van der Waals surface area contributed by atoms with Crippen LogP contribution in [0.3, 0.4) is 0 Å². The number of carbonyl (C=O) groups is 3. The third kappa shape index (κ3) is 4.69. The molecule has 3 aromatic rings. The van der Waals surface area contributed by atoms with Crippen LogP contribution in [0.1, 0.15) is 46.0 Å². The highest BCUT2D eigenvalue weighted by molar-refractivity contribution is 7.91. The van der Waals surface area contributed by atoms with Gasteiger partial charge in [0.1, 0.15) is 0 Å². The van der Waals surface area contributed by atoms with E-state index in [1.165, 1.54) is 35.2 Å². The minimum absolute atomic E-state index is 0.0358. The van der Waals surface area contributed by atoms with E-state index in [1.807, 2.05) is 30.3 Å². The minimum atomic E-state index is -4.04. The SMILES string of the molecule is CCOC(=O)[C@@H]1CCCN(C(=O)c2ccc3c(c2)N(Cc2ccccc2)C(=O)c2ccccc2S3(=O)=O)C1. The maximum atomic E-state index is 13.8. The maximum Gasteiger partial charge on any atom is 0.310 e. The third-order valence-electron chi connectivity index (χ3n) is 6.95. The van der Waals surface area contributed by atoms with Gasteiger partial charge in [-0.05, 0) is 55.7 Å². The van der Waals surface area contributed by atoms with Gasteiger partial charge < -0.3 is 14.5 Å². The summed E-state index contributed by atoms with van der Waals surface area (Å²) < 4.78 is 32.5. The van der Waals surface area contributed by atoms with E-state index in [0.717, 1.165) is 5.56 Å². The van der Waals surface area contributed by atoms with Gasteiger partial charge in [0, 0.05) is 18.7 Å².